The van der Waals surface area contributed by atoms with Gasteiger partial charge in [0.2, 0.25) is 5.76 Å². The Balaban J connectivity index is 1.69. The van der Waals surface area contributed by atoms with Crippen molar-refractivity contribution in [3.05, 3.63) is 59.9 Å². The van der Waals surface area contributed by atoms with Crippen molar-refractivity contribution in [2.24, 2.45) is 0 Å². The lowest BCUT2D eigenvalue weighted by Crippen LogP contribution is -2.22. The number of hydrogen-bond acceptors (Lipinski definition) is 5. The molecule has 0 atom stereocenters. The summed E-state index contributed by atoms with van der Waals surface area (Å²) in [5.74, 6) is -0.404. The Hall–Kier alpha value is -2.96. The quantitative estimate of drug-likeness (QED) is 0.796. The summed E-state index contributed by atoms with van der Waals surface area (Å²) in [7, 11) is 0. The molecule has 2 aromatic heterocycles. The Morgan fingerprint density at radius 1 is 1.24 bits per heavy atom. The van der Waals surface area contributed by atoms with Crippen LogP contribution in [0.3, 0.4) is 0 Å². The normalized spacial score (nSPS) is 10.5. The van der Waals surface area contributed by atoms with Gasteiger partial charge in [-0.05, 0) is 12.1 Å². The SMILES string of the molecule is O=C(NCc1cc(-c2ccccc2F)on1)c1ccno1. The van der Waals surface area contributed by atoms with Crippen molar-refractivity contribution >= 4 is 5.91 Å². The molecule has 0 saturated heterocycles. The van der Waals surface area contributed by atoms with Crippen LogP contribution in [0.15, 0.2) is 51.6 Å². The van der Waals surface area contributed by atoms with Crippen LogP contribution in [-0.2, 0) is 6.54 Å². The highest BCUT2D eigenvalue weighted by Gasteiger charge is 2.13. The Morgan fingerprint density at radius 2 is 2.10 bits per heavy atom. The highest BCUT2D eigenvalue weighted by molar-refractivity contribution is 5.91. The average molecular weight is 287 g/mol. The summed E-state index contributed by atoms with van der Waals surface area (Å²) in [6.07, 6.45) is 1.38. The molecule has 0 bridgehead atoms. The number of hydrogen-bond donors (Lipinski definition) is 1. The first-order valence-electron chi connectivity index (χ1n) is 6.13. The Labute approximate surface area is 118 Å². The molecule has 1 aromatic carbocycles. The smallest absolute Gasteiger partial charge is 0.290 e. The first kappa shape index (κ1) is 13.0. The van der Waals surface area contributed by atoms with Crippen LogP contribution >= 0.6 is 0 Å². The monoisotopic (exact) mass is 287 g/mol. The summed E-state index contributed by atoms with van der Waals surface area (Å²) in [6, 6.07) is 9.23. The lowest BCUT2D eigenvalue weighted by Gasteiger charge is -1.98. The first-order valence-corrected chi connectivity index (χ1v) is 6.13. The minimum Gasteiger partial charge on any atom is -0.356 e. The van der Waals surface area contributed by atoms with Gasteiger partial charge in [-0.3, -0.25) is 4.79 Å². The summed E-state index contributed by atoms with van der Waals surface area (Å²) < 4.78 is 23.4. The van der Waals surface area contributed by atoms with Crippen LogP contribution in [0.1, 0.15) is 16.2 Å². The van der Waals surface area contributed by atoms with E-state index in [9.17, 15) is 9.18 Å². The molecule has 0 spiro atoms. The number of nitrogens with one attached hydrogen (secondary N) is 1. The third-order valence-corrected chi connectivity index (χ3v) is 2.79. The molecule has 1 amide bonds. The molecule has 3 aromatic rings. The second-order valence-electron chi connectivity index (χ2n) is 4.22. The molecular formula is C14H10FN3O3. The molecule has 1 N–H and O–H groups in total. The van der Waals surface area contributed by atoms with Crippen LogP contribution < -0.4 is 5.32 Å². The number of carbonyl (C=O) groups excluding carboxylic acids is 1. The number of aromatic nitrogens is 2. The van der Waals surface area contributed by atoms with Crippen molar-refractivity contribution < 1.29 is 18.2 Å². The van der Waals surface area contributed by atoms with Gasteiger partial charge in [-0.2, -0.15) is 0 Å². The molecule has 0 unspecified atom stereocenters. The van der Waals surface area contributed by atoms with E-state index in [2.05, 4.69) is 15.6 Å². The number of rotatable bonds is 4. The molecular weight excluding hydrogens is 277 g/mol. The van der Waals surface area contributed by atoms with E-state index in [1.165, 1.54) is 18.3 Å². The second kappa shape index (κ2) is 5.58. The summed E-state index contributed by atoms with van der Waals surface area (Å²) in [6.45, 7) is 0.136. The van der Waals surface area contributed by atoms with Gasteiger partial charge in [0.15, 0.2) is 5.76 Å². The van der Waals surface area contributed by atoms with E-state index < -0.39 is 11.7 Å². The molecule has 2 heterocycles. The van der Waals surface area contributed by atoms with Crippen molar-refractivity contribution in [1.29, 1.82) is 0 Å². The van der Waals surface area contributed by atoms with E-state index in [-0.39, 0.29) is 12.3 Å². The van der Waals surface area contributed by atoms with Crippen LogP contribution in [0.25, 0.3) is 11.3 Å². The van der Waals surface area contributed by atoms with Crippen molar-refractivity contribution in [2.75, 3.05) is 0 Å². The second-order valence-corrected chi connectivity index (χ2v) is 4.22. The van der Waals surface area contributed by atoms with E-state index in [0.717, 1.165) is 0 Å². The molecule has 3 rings (SSSR count). The largest absolute Gasteiger partial charge is 0.356 e. The van der Waals surface area contributed by atoms with Crippen LogP contribution in [0.2, 0.25) is 0 Å². The Morgan fingerprint density at radius 3 is 2.86 bits per heavy atom. The van der Waals surface area contributed by atoms with Gasteiger partial charge in [0.05, 0.1) is 18.3 Å². The molecule has 0 aliphatic heterocycles. The lowest BCUT2D eigenvalue weighted by atomic mass is 10.1. The molecule has 0 radical (unpaired) electrons. The molecule has 0 saturated carbocycles. The Bertz CT molecular complexity index is 752. The first-order chi connectivity index (χ1) is 10.2. The lowest BCUT2D eigenvalue weighted by molar-refractivity contribution is 0.0913. The maximum atomic E-state index is 13.6. The van der Waals surface area contributed by atoms with E-state index in [4.69, 9.17) is 9.05 Å². The van der Waals surface area contributed by atoms with Gasteiger partial charge in [0.25, 0.3) is 5.91 Å². The number of halogens is 1. The fourth-order valence-electron chi connectivity index (χ4n) is 1.77. The highest BCUT2D eigenvalue weighted by Crippen LogP contribution is 2.23. The molecule has 7 heteroatoms. The van der Waals surface area contributed by atoms with E-state index in [1.54, 1.807) is 24.3 Å². The van der Waals surface area contributed by atoms with E-state index in [1.807, 2.05) is 0 Å². The van der Waals surface area contributed by atoms with Gasteiger partial charge < -0.3 is 14.4 Å². The van der Waals surface area contributed by atoms with Gasteiger partial charge in [-0.1, -0.05) is 22.4 Å². The van der Waals surface area contributed by atoms with Crippen molar-refractivity contribution in [3.8, 4) is 11.3 Å². The fraction of sp³-hybridized carbons (Fsp3) is 0.0714. The van der Waals surface area contributed by atoms with Gasteiger partial charge in [-0.25, -0.2) is 4.39 Å². The third kappa shape index (κ3) is 2.81. The van der Waals surface area contributed by atoms with E-state index in [0.29, 0.717) is 17.0 Å². The molecule has 6 nitrogen and oxygen atoms in total. The zero-order valence-corrected chi connectivity index (χ0v) is 10.7. The maximum Gasteiger partial charge on any atom is 0.290 e. The van der Waals surface area contributed by atoms with Crippen molar-refractivity contribution in [1.82, 2.24) is 15.6 Å². The van der Waals surface area contributed by atoms with Gasteiger partial charge in [-0.15, -0.1) is 0 Å². The summed E-state index contributed by atoms with van der Waals surface area (Å²) in [4.78, 5) is 11.6. The topological polar surface area (TPSA) is 81.2 Å². The minimum absolute atomic E-state index is 0.104. The predicted molar refractivity (Wildman–Crippen MR) is 69.6 cm³/mol. The number of benzene rings is 1. The van der Waals surface area contributed by atoms with Gasteiger partial charge in [0, 0.05) is 12.1 Å². The summed E-state index contributed by atoms with van der Waals surface area (Å²) in [5, 5.41) is 9.82. The standard InChI is InChI=1S/C14H10FN3O3/c15-11-4-2-1-3-10(11)13-7-9(18-21-13)8-16-14(19)12-5-6-17-20-12/h1-7H,8H2,(H,16,19). The average Bonchev–Trinajstić information content (AvgIpc) is 3.17. The van der Waals surface area contributed by atoms with Gasteiger partial charge >= 0.3 is 0 Å². The number of nitrogens with zero attached hydrogens (tertiary/aromatic N) is 2. The molecule has 21 heavy (non-hydrogen) atoms. The maximum absolute atomic E-state index is 13.6. The summed E-state index contributed by atoms with van der Waals surface area (Å²) in [5.41, 5.74) is 0.791. The van der Waals surface area contributed by atoms with Crippen molar-refractivity contribution in [3.63, 3.8) is 0 Å². The molecule has 106 valence electrons. The zero-order chi connectivity index (χ0) is 14.7. The van der Waals surface area contributed by atoms with E-state index >= 15 is 0 Å². The molecule has 0 fully saturated rings. The predicted octanol–water partition coefficient (Wildman–Crippen LogP) is 2.40. The Kier molecular flexibility index (Phi) is 3.46. The number of carbonyl (C=O) groups is 1. The zero-order valence-electron chi connectivity index (χ0n) is 10.7. The van der Waals surface area contributed by atoms with Crippen LogP contribution in [0, 0.1) is 5.82 Å². The van der Waals surface area contributed by atoms with Crippen LogP contribution in [0.5, 0.6) is 0 Å². The highest BCUT2D eigenvalue weighted by atomic mass is 19.1. The van der Waals surface area contributed by atoms with Crippen LogP contribution in [0.4, 0.5) is 4.39 Å². The summed E-state index contributed by atoms with van der Waals surface area (Å²) >= 11 is 0. The van der Waals surface area contributed by atoms with Crippen molar-refractivity contribution in [2.45, 2.75) is 6.54 Å². The molecule has 0 aliphatic rings. The number of amides is 1. The fourth-order valence-corrected chi connectivity index (χ4v) is 1.77. The molecule has 0 aliphatic carbocycles. The van der Waals surface area contributed by atoms with Crippen LogP contribution in [-0.4, -0.2) is 16.2 Å². The third-order valence-electron chi connectivity index (χ3n) is 2.79. The van der Waals surface area contributed by atoms with Gasteiger partial charge in [0.1, 0.15) is 11.5 Å². The minimum atomic E-state index is -0.414.